The Bertz CT molecular complexity index is 596. The van der Waals surface area contributed by atoms with Crippen LogP contribution in [-0.2, 0) is 14.3 Å². The van der Waals surface area contributed by atoms with Crippen molar-refractivity contribution in [2.75, 3.05) is 39.3 Å². The number of ketones is 1. The van der Waals surface area contributed by atoms with E-state index in [-0.39, 0.29) is 18.2 Å². The second kappa shape index (κ2) is 10.8. The Kier molecular flexibility index (Phi) is 8.40. The Morgan fingerprint density at radius 1 is 1.04 bits per heavy atom. The summed E-state index contributed by atoms with van der Waals surface area (Å²) in [5.41, 5.74) is 0.334. The van der Waals surface area contributed by atoms with Gasteiger partial charge in [0.25, 0.3) is 0 Å². The van der Waals surface area contributed by atoms with Crippen LogP contribution in [-0.4, -0.2) is 67.9 Å². The van der Waals surface area contributed by atoms with E-state index in [0.29, 0.717) is 12.0 Å². The Labute approximate surface area is 154 Å². The number of carbonyl (C=O) groups excluding carboxylic acids is 3. The molecule has 1 saturated heterocycles. The number of nitrogens with one attached hydrogen (secondary N) is 2. The van der Waals surface area contributed by atoms with E-state index in [1.807, 2.05) is 0 Å². The van der Waals surface area contributed by atoms with Crippen LogP contribution < -0.4 is 10.6 Å². The molecule has 0 spiro atoms. The first kappa shape index (κ1) is 20.2. The SMILES string of the molecule is CC(=O)C(CCC(=O)OC(=O)c1ccccc1)N1CCNCCNCC1. The fourth-order valence-corrected chi connectivity index (χ4v) is 2.98. The van der Waals surface area contributed by atoms with Crippen molar-refractivity contribution in [1.82, 2.24) is 15.5 Å². The van der Waals surface area contributed by atoms with Gasteiger partial charge in [-0.15, -0.1) is 0 Å². The summed E-state index contributed by atoms with van der Waals surface area (Å²) in [6.45, 7) is 6.40. The lowest BCUT2D eigenvalue weighted by Crippen LogP contribution is -2.45. The van der Waals surface area contributed by atoms with Crippen LogP contribution in [0.25, 0.3) is 0 Å². The molecule has 0 saturated carbocycles. The maximum Gasteiger partial charge on any atom is 0.345 e. The number of Topliss-reactive ketones (excluding diaryl/α,β-unsaturated/α-hetero) is 1. The normalized spacial score (nSPS) is 17.4. The number of carbonyl (C=O) groups is 3. The number of rotatable bonds is 6. The third-order valence-corrected chi connectivity index (χ3v) is 4.38. The van der Waals surface area contributed by atoms with Crippen LogP contribution in [0.1, 0.15) is 30.1 Å². The smallest absolute Gasteiger partial charge is 0.345 e. The van der Waals surface area contributed by atoms with Gasteiger partial charge in [0.05, 0.1) is 11.6 Å². The molecule has 26 heavy (non-hydrogen) atoms. The Morgan fingerprint density at radius 3 is 2.23 bits per heavy atom. The van der Waals surface area contributed by atoms with E-state index in [1.54, 1.807) is 37.3 Å². The van der Waals surface area contributed by atoms with Crippen molar-refractivity contribution in [2.24, 2.45) is 0 Å². The first-order valence-corrected chi connectivity index (χ1v) is 9.04. The molecular weight excluding hydrogens is 334 g/mol. The molecule has 1 heterocycles. The van der Waals surface area contributed by atoms with Crippen LogP contribution in [0.5, 0.6) is 0 Å². The van der Waals surface area contributed by atoms with E-state index in [9.17, 15) is 14.4 Å². The number of ether oxygens (including phenoxy) is 1. The number of esters is 2. The summed E-state index contributed by atoms with van der Waals surface area (Å²) in [4.78, 5) is 38.1. The summed E-state index contributed by atoms with van der Waals surface area (Å²) in [7, 11) is 0. The van der Waals surface area contributed by atoms with Gasteiger partial charge < -0.3 is 15.4 Å². The quantitative estimate of drug-likeness (QED) is 0.567. The molecule has 2 rings (SSSR count). The fourth-order valence-electron chi connectivity index (χ4n) is 2.98. The number of benzene rings is 1. The van der Waals surface area contributed by atoms with E-state index < -0.39 is 11.9 Å². The van der Waals surface area contributed by atoms with Gasteiger partial charge in [-0.1, -0.05) is 18.2 Å². The summed E-state index contributed by atoms with van der Waals surface area (Å²) in [5.74, 6) is -1.25. The number of hydrogen-bond donors (Lipinski definition) is 2. The molecule has 1 aliphatic rings. The minimum absolute atomic E-state index is 0.0198. The number of nitrogens with zero attached hydrogens (tertiary/aromatic N) is 1. The zero-order valence-corrected chi connectivity index (χ0v) is 15.2. The third-order valence-electron chi connectivity index (χ3n) is 4.38. The van der Waals surface area contributed by atoms with Crippen LogP contribution in [0.4, 0.5) is 0 Å². The van der Waals surface area contributed by atoms with Gasteiger partial charge in [-0.2, -0.15) is 0 Å². The van der Waals surface area contributed by atoms with E-state index in [1.165, 1.54) is 0 Å². The van der Waals surface area contributed by atoms with Crippen LogP contribution >= 0.6 is 0 Å². The first-order valence-electron chi connectivity index (χ1n) is 9.04. The van der Waals surface area contributed by atoms with Crippen molar-refractivity contribution in [3.63, 3.8) is 0 Å². The topological polar surface area (TPSA) is 87.7 Å². The van der Waals surface area contributed by atoms with Crippen LogP contribution in [0.2, 0.25) is 0 Å². The van der Waals surface area contributed by atoms with Gasteiger partial charge in [-0.3, -0.25) is 14.5 Å². The van der Waals surface area contributed by atoms with Crippen molar-refractivity contribution in [1.29, 1.82) is 0 Å². The van der Waals surface area contributed by atoms with Gasteiger partial charge >= 0.3 is 11.9 Å². The Hall–Kier alpha value is -2.09. The zero-order chi connectivity index (χ0) is 18.8. The average Bonchev–Trinajstić information content (AvgIpc) is 2.76. The molecule has 2 N–H and O–H groups in total. The monoisotopic (exact) mass is 361 g/mol. The van der Waals surface area contributed by atoms with Crippen molar-refractivity contribution in [3.8, 4) is 0 Å². The summed E-state index contributed by atoms with van der Waals surface area (Å²) < 4.78 is 4.89. The molecule has 0 bridgehead atoms. The molecule has 7 heteroatoms. The second-order valence-corrected chi connectivity index (χ2v) is 6.33. The Morgan fingerprint density at radius 2 is 1.65 bits per heavy atom. The molecule has 1 fully saturated rings. The molecule has 0 aliphatic carbocycles. The largest absolute Gasteiger partial charge is 0.389 e. The molecule has 0 aromatic heterocycles. The van der Waals surface area contributed by atoms with Gasteiger partial charge in [0.1, 0.15) is 5.78 Å². The maximum absolute atomic E-state index is 12.1. The molecule has 7 nitrogen and oxygen atoms in total. The van der Waals surface area contributed by atoms with Crippen molar-refractivity contribution < 1.29 is 19.1 Å². The molecule has 1 atom stereocenters. The fraction of sp³-hybridized carbons (Fsp3) is 0.526. The molecule has 1 unspecified atom stereocenters. The minimum atomic E-state index is -0.661. The van der Waals surface area contributed by atoms with Crippen molar-refractivity contribution >= 4 is 17.7 Å². The minimum Gasteiger partial charge on any atom is -0.389 e. The Balaban J connectivity index is 1.87. The first-order chi connectivity index (χ1) is 12.6. The number of hydrogen-bond acceptors (Lipinski definition) is 7. The zero-order valence-electron chi connectivity index (χ0n) is 15.2. The highest BCUT2D eigenvalue weighted by Gasteiger charge is 2.24. The van der Waals surface area contributed by atoms with Gasteiger partial charge in [-0.05, 0) is 25.5 Å². The lowest BCUT2D eigenvalue weighted by Gasteiger charge is -2.29. The molecule has 1 aliphatic heterocycles. The highest BCUT2D eigenvalue weighted by atomic mass is 16.6. The van der Waals surface area contributed by atoms with Crippen LogP contribution in [0.3, 0.4) is 0 Å². The molecule has 0 radical (unpaired) electrons. The van der Waals surface area contributed by atoms with Gasteiger partial charge in [0, 0.05) is 45.7 Å². The van der Waals surface area contributed by atoms with E-state index in [4.69, 9.17) is 4.74 Å². The summed E-state index contributed by atoms with van der Waals surface area (Å²) in [5, 5.41) is 6.62. The molecule has 1 aromatic rings. The predicted molar refractivity (Wildman–Crippen MR) is 97.9 cm³/mol. The summed E-state index contributed by atoms with van der Waals surface area (Å²) in [6.07, 6.45) is 0.371. The van der Waals surface area contributed by atoms with Gasteiger partial charge in [-0.25, -0.2) is 4.79 Å². The maximum atomic E-state index is 12.1. The van der Waals surface area contributed by atoms with Gasteiger partial charge in [0.2, 0.25) is 0 Å². The summed E-state index contributed by atoms with van der Waals surface area (Å²) in [6, 6.07) is 8.04. The molecular formula is C19H27N3O4. The van der Waals surface area contributed by atoms with E-state index in [0.717, 1.165) is 39.3 Å². The molecule has 1 aromatic carbocycles. The lowest BCUT2D eigenvalue weighted by atomic mass is 10.1. The standard InChI is InChI=1S/C19H27N3O4/c1-15(23)17(22-13-11-20-9-10-21-12-14-22)7-8-18(24)26-19(25)16-5-3-2-4-6-16/h2-6,17,20-21H,7-14H2,1H3. The predicted octanol–water partition coefficient (Wildman–Crippen LogP) is 0.603. The average molecular weight is 361 g/mol. The van der Waals surface area contributed by atoms with Crippen molar-refractivity contribution in [3.05, 3.63) is 35.9 Å². The molecule has 0 amide bonds. The second-order valence-electron chi connectivity index (χ2n) is 6.33. The third kappa shape index (κ3) is 6.67. The highest BCUT2D eigenvalue weighted by molar-refractivity contribution is 5.96. The van der Waals surface area contributed by atoms with Crippen molar-refractivity contribution in [2.45, 2.75) is 25.8 Å². The molecule has 142 valence electrons. The summed E-state index contributed by atoms with van der Waals surface area (Å²) >= 11 is 0. The van der Waals surface area contributed by atoms with E-state index >= 15 is 0 Å². The lowest BCUT2D eigenvalue weighted by molar-refractivity contribution is -0.138. The highest BCUT2D eigenvalue weighted by Crippen LogP contribution is 2.11. The van der Waals surface area contributed by atoms with Gasteiger partial charge in [0.15, 0.2) is 0 Å². The van der Waals surface area contributed by atoms with E-state index in [2.05, 4.69) is 15.5 Å². The van der Waals surface area contributed by atoms with Crippen LogP contribution in [0, 0.1) is 0 Å². The van der Waals surface area contributed by atoms with Crippen LogP contribution in [0.15, 0.2) is 30.3 Å².